The molecule has 15 heavy (non-hydrogen) atoms. The molecule has 0 radical (unpaired) electrons. The number of rotatable bonds is 1. The Labute approximate surface area is 89.3 Å². The van der Waals surface area contributed by atoms with E-state index in [1.54, 1.807) is 12.1 Å². The molecule has 2 fully saturated rings. The van der Waals surface area contributed by atoms with Crippen LogP contribution in [0.3, 0.4) is 0 Å². The summed E-state index contributed by atoms with van der Waals surface area (Å²) in [7, 11) is 2.17. The van der Waals surface area contributed by atoms with Gasteiger partial charge in [-0.15, -0.1) is 0 Å². The van der Waals surface area contributed by atoms with Crippen molar-refractivity contribution in [2.24, 2.45) is 0 Å². The molecule has 1 aromatic rings. The number of likely N-dealkylation sites (tertiary alicyclic amines) is 1. The van der Waals surface area contributed by atoms with Gasteiger partial charge in [-0.3, -0.25) is 4.90 Å². The molecule has 2 aliphatic rings. The number of anilines is 1. The first-order chi connectivity index (χ1) is 7.24. The van der Waals surface area contributed by atoms with Gasteiger partial charge >= 0.3 is 0 Å². The predicted octanol–water partition coefficient (Wildman–Crippen LogP) is 1.72. The molecule has 0 N–H and O–H groups in total. The Kier molecular flexibility index (Phi) is 1.96. The smallest absolute Gasteiger partial charge is 0.125 e. The first kappa shape index (κ1) is 9.16. The Hall–Kier alpha value is -1.09. The van der Waals surface area contributed by atoms with Crippen LogP contribution in [0.15, 0.2) is 24.3 Å². The molecule has 2 aliphatic heterocycles. The molecule has 2 heterocycles. The largest absolute Gasteiger partial charge is 0.366 e. The zero-order valence-corrected chi connectivity index (χ0v) is 8.86. The van der Waals surface area contributed by atoms with E-state index in [4.69, 9.17) is 0 Å². The summed E-state index contributed by atoms with van der Waals surface area (Å²) in [6.07, 6.45) is 1.23. The fraction of sp³-hybridized carbons (Fsp3) is 0.500. The van der Waals surface area contributed by atoms with Gasteiger partial charge in [-0.05, 0) is 31.7 Å². The van der Waals surface area contributed by atoms with E-state index in [9.17, 15) is 4.39 Å². The number of hydrogen-bond donors (Lipinski definition) is 0. The third-order valence-electron chi connectivity index (χ3n) is 3.65. The Morgan fingerprint density at radius 1 is 1.27 bits per heavy atom. The lowest BCUT2D eigenvalue weighted by molar-refractivity contribution is 0.292. The van der Waals surface area contributed by atoms with Crippen LogP contribution in [0.1, 0.15) is 6.42 Å². The van der Waals surface area contributed by atoms with Crippen molar-refractivity contribution in [3.63, 3.8) is 0 Å². The van der Waals surface area contributed by atoms with Crippen molar-refractivity contribution in [1.82, 2.24) is 4.90 Å². The van der Waals surface area contributed by atoms with E-state index in [0.29, 0.717) is 12.1 Å². The van der Waals surface area contributed by atoms with Crippen LogP contribution >= 0.6 is 0 Å². The van der Waals surface area contributed by atoms with Crippen molar-refractivity contribution < 1.29 is 4.39 Å². The molecular weight excluding hydrogens is 191 g/mol. The summed E-state index contributed by atoms with van der Waals surface area (Å²) in [4.78, 5) is 4.74. The first-order valence-electron chi connectivity index (χ1n) is 5.46. The lowest BCUT2D eigenvalue weighted by atomic mass is 10.2. The monoisotopic (exact) mass is 206 g/mol. The molecule has 0 aromatic heterocycles. The summed E-state index contributed by atoms with van der Waals surface area (Å²) in [5.41, 5.74) is 1.04. The topological polar surface area (TPSA) is 6.48 Å². The van der Waals surface area contributed by atoms with E-state index >= 15 is 0 Å². The number of fused-ring (bicyclic) bond motifs is 2. The molecule has 2 atom stereocenters. The molecular formula is C12H15FN2. The van der Waals surface area contributed by atoms with Gasteiger partial charge in [0.25, 0.3) is 0 Å². The van der Waals surface area contributed by atoms with Crippen LogP contribution < -0.4 is 4.90 Å². The summed E-state index contributed by atoms with van der Waals surface area (Å²) < 4.78 is 13.1. The summed E-state index contributed by atoms with van der Waals surface area (Å²) in [5, 5.41) is 0. The highest BCUT2D eigenvalue weighted by Crippen LogP contribution is 2.33. The first-order valence-corrected chi connectivity index (χ1v) is 5.46. The van der Waals surface area contributed by atoms with Crippen LogP contribution in [0.5, 0.6) is 0 Å². The Morgan fingerprint density at radius 3 is 2.73 bits per heavy atom. The maximum atomic E-state index is 13.1. The van der Waals surface area contributed by atoms with Crippen LogP contribution in [0.4, 0.5) is 10.1 Å². The van der Waals surface area contributed by atoms with Crippen LogP contribution in [-0.4, -0.2) is 37.1 Å². The number of hydrogen-bond acceptors (Lipinski definition) is 2. The van der Waals surface area contributed by atoms with Gasteiger partial charge < -0.3 is 4.90 Å². The van der Waals surface area contributed by atoms with Crippen molar-refractivity contribution in [1.29, 1.82) is 0 Å². The van der Waals surface area contributed by atoms with E-state index in [-0.39, 0.29) is 5.82 Å². The molecule has 1 aromatic carbocycles. The van der Waals surface area contributed by atoms with Crippen molar-refractivity contribution in [2.45, 2.75) is 18.5 Å². The van der Waals surface area contributed by atoms with Crippen LogP contribution in [0, 0.1) is 5.82 Å². The van der Waals surface area contributed by atoms with Gasteiger partial charge in [-0.25, -0.2) is 4.39 Å². The Bertz CT molecular complexity index is 378. The van der Waals surface area contributed by atoms with Gasteiger partial charge in [-0.1, -0.05) is 6.07 Å². The van der Waals surface area contributed by atoms with Crippen molar-refractivity contribution >= 4 is 5.69 Å². The summed E-state index contributed by atoms with van der Waals surface area (Å²) in [5.74, 6) is -0.136. The van der Waals surface area contributed by atoms with E-state index in [1.165, 1.54) is 12.5 Å². The van der Waals surface area contributed by atoms with E-state index in [2.05, 4.69) is 16.8 Å². The maximum absolute atomic E-state index is 13.1. The highest BCUT2D eigenvalue weighted by atomic mass is 19.1. The van der Waals surface area contributed by atoms with Gasteiger partial charge in [0, 0.05) is 30.9 Å². The van der Waals surface area contributed by atoms with Crippen molar-refractivity contribution in [3.05, 3.63) is 30.1 Å². The molecule has 0 spiro atoms. The van der Waals surface area contributed by atoms with E-state index < -0.39 is 0 Å². The maximum Gasteiger partial charge on any atom is 0.125 e. The van der Waals surface area contributed by atoms with Gasteiger partial charge in [0.1, 0.15) is 5.82 Å². The quantitative estimate of drug-likeness (QED) is 0.690. The van der Waals surface area contributed by atoms with Gasteiger partial charge in [0.05, 0.1) is 0 Å². The van der Waals surface area contributed by atoms with E-state index in [1.807, 2.05) is 6.07 Å². The minimum Gasteiger partial charge on any atom is -0.366 e. The molecule has 3 heteroatoms. The van der Waals surface area contributed by atoms with Gasteiger partial charge in [0.15, 0.2) is 0 Å². The van der Waals surface area contributed by atoms with Crippen molar-refractivity contribution in [2.75, 3.05) is 25.0 Å². The van der Waals surface area contributed by atoms with Crippen LogP contribution in [0.25, 0.3) is 0 Å². The molecule has 2 nitrogen and oxygen atoms in total. The lowest BCUT2D eigenvalue weighted by Gasteiger charge is -2.33. The van der Waals surface area contributed by atoms with Gasteiger partial charge in [0.2, 0.25) is 0 Å². The standard InChI is InChI=1S/C12H15FN2/c1-14-7-12-6-11(14)8-15(12)10-4-2-3-9(13)5-10/h2-5,11-12H,6-8H2,1H3/t11-,12-/m1/s1. The minimum absolute atomic E-state index is 0.136. The third-order valence-corrected chi connectivity index (χ3v) is 3.65. The zero-order valence-electron chi connectivity index (χ0n) is 8.86. The number of likely N-dealkylation sites (N-methyl/N-ethyl adjacent to an activating group) is 1. The molecule has 0 unspecified atom stereocenters. The Morgan fingerprint density at radius 2 is 2.13 bits per heavy atom. The average Bonchev–Trinajstić information content (AvgIpc) is 2.76. The number of benzene rings is 1. The minimum atomic E-state index is -0.136. The SMILES string of the molecule is CN1C[C@H]2C[C@@H]1CN2c1cccc(F)c1. The average molecular weight is 206 g/mol. The lowest BCUT2D eigenvalue weighted by Crippen LogP contribution is -2.44. The second-order valence-corrected chi connectivity index (χ2v) is 4.62. The normalized spacial score (nSPS) is 30.1. The second-order valence-electron chi connectivity index (χ2n) is 4.62. The number of halogens is 1. The highest BCUT2D eigenvalue weighted by Gasteiger charge is 2.41. The van der Waals surface area contributed by atoms with Gasteiger partial charge in [-0.2, -0.15) is 0 Å². The molecule has 2 bridgehead atoms. The summed E-state index contributed by atoms with van der Waals surface area (Å²) >= 11 is 0. The number of nitrogens with zero attached hydrogens (tertiary/aromatic N) is 2. The zero-order chi connectivity index (χ0) is 10.4. The van der Waals surface area contributed by atoms with E-state index in [0.717, 1.165) is 18.8 Å². The van der Waals surface area contributed by atoms with Crippen LogP contribution in [-0.2, 0) is 0 Å². The highest BCUT2D eigenvalue weighted by molar-refractivity contribution is 5.50. The van der Waals surface area contributed by atoms with Crippen molar-refractivity contribution in [3.8, 4) is 0 Å². The number of piperazine rings is 1. The predicted molar refractivity (Wildman–Crippen MR) is 58.6 cm³/mol. The molecule has 0 amide bonds. The fourth-order valence-electron chi connectivity index (χ4n) is 2.84. The molecule has 3 rings (SSSR count). The second kappa shape index (κ2) is 3.20. The molecule has 0 aliphatic carbocycles. The summed E-state index contributed by atoms with van der Waals surface area (Å²) in [6, 6.07) is 8.19. The van der Waals surface area contributed by atoms with Crippen LogP contribution in [0.2, 0.25) is 0 Å². The molecule has 80 valence electrons. The fourth-order valence-corrected chi connectivity index (χ4v) is 2.84. The Balaban J connectivity index is 1.86. The summed E-state index contributed by atoms with van der Waals surface area (Å²) in [6.45, 7) is 2.16. The molecule has 2 saturated heterocycles. The molecule has 0 saturated carbocycles. The third kappa shape index (κ3) is 1.42.